The van der Waals surface area contributed by atoms with Crippen LogP contribution in [0.25, 0.3) is 22.0 Å². The normalized spacial score (nSPS) is 15.9. The molecule has 0 saturated carbocycles. The molecule has 4 aromatic rings. The van der Waals surface area contributed by atoms with Gasteiger partial charge < -0.3 is 10.6 Å². The number of nitrogen functional groups attached to an aromatic ring is 1. The van der Waals surface area contributed by atoms with Crippen molar-refractivity contribution in [3.8, 4) is 11.1 Å². The summed E-state index contributed by atoms with van der Waals surface area (Å²) in [5.74, 6) is 0.409. The zero-order valence-electron chi connectivity index (χ0n) is 16.4. The van der Waals surface area contributed by atoms with Crippen LogP contribution < -0.4 is 10.6 Å². The fourth-order valence-electron chi connectivity index (χ4n) is 3.97. The maximum atomic E-state index is 13.4. The molecule has 9 heteroatoms. The molecule has 2 N–H and O–H groups in total. The first kappa shape index (κ1) is 20.3. The van der Waals surface area contributed by atoms with Crippen LogP contribution in [0.1, 0.15) is 23.5 Å². The third-order valence-corrected chi connectivity index (χ3v) is 5.69. The number of aryl methyl sites for hydroxylation is 1. The van der Waals surface area contributed by atoms with Crippen LogP contribution in [0.3, 0.4) is 0 Å². The van der Waals surface area contributed by atoms with E-state index in [1.54, 1.807) is 27.9 Å². The molecule has 7 nitrogen and oxygen atoms in total. The Bertz CT molecular complexity index is 1260. The summed E-state index contributed by atoms with van der Waals surface area (Å²) in [7, 11) is 1.85. The summed E-state index contributed by atoms with van der Waals surface area (Å²) in [5.41, 5.74) is 9.97. The number of benzene rings is 2. The molecule has 0 bridgehead atoms. The lowest BCUT2D eigenvalue weighted by Crippen LogP contribution is -2.42. The second-order valence-corrected chi connectivity index (χ2v) is 7.77. The number of hydrogen-bond acceptors (Lipinski definition) is 4. The second-order valence-electron chi connectivity index (χ2n) is 7.33. The van der Waals surface area contributed by atoms with E-state index in [4.69, 9.17) is 17.3 Å². The van der Waals surface area contributed by atoms with E-state index in [0.29, 0.717) is 23.1 Å². The molecule has 154 valence electrons. The van der Waals surface area contributed by atoms with E-state index < -0.39 is 0 Å². The number of rotatable bonds is 2. The highest BCUT2D eigenvalue weighted by atomic mass is 35.5. The average molecular weight is 443 g/mol. The summed E-state index contributed by atoms with van der Waals surface area (Å²) in [4.78, 5) is 15.2. The molecule has 1 aliphatic rings. The number of hydrogen-bond donors (Lipinski definition) is 1. The van der Waals surface area contributed by atoms with Crippen LogP contribution in [-0.2, 0) is 7.05 Å². The summed E-state index contributed by atoms with van der Waals surface area (Å²) < 4.78 is 3.56. The van der Waals surface area contributed by atoms with Crippen LogP contribution in [0.4, 0.5) is 11.5 Å². The lowest BCUT2D eigenvalue weighted by atomic mass is 10.0. The van der Waals surface area contributed by atoms with Gasteiger partial charge in [0.1, 0.15) is 5.69 Å². The van der Waals surface area contributed by atoms with Gasteiger partial charge in [0.15, 0.2) is 5.82 Å². The third kappa shape index (κ3) is 3.02. The zero-order valence-corrected chi connectivity index (χ0v) is 18.0. The molecule has 0 fully saturated rings. The highest BCUT2D eigenvalue weighted by Gasteiger charge is 2.33. The largest absolute Gasteiger partial charge is 0.382 e. The van der Waals surface area contributed by atoms with Crippen LogP contribution in [0.2, 0.25) is 5.02 Å². The summed E-state index contributed by atoms with van der Waals surface area (Å²) >= 11 is 6.01. The van der Waals surface area contributed by atoms with Crippen molar-refractivity contribution >= 4 is 52.3 Å². The molecular formula is C21H20Cl2N6O. The van der Waals surface area contributed by atoms with Gasteiger partial charge in [0.2, 0.25) is 0 Å². The van der Waals surface area contributed by atoms with Gasteiger partial charge in [-0.1, -0.05) is 17.7 Å². The van der Waals surface area contributed by atoms with Gasteiger partial charge in [-0.2, -0.15) is 10.2 Å². The van der Waals surface area contributed by atoms with Crippen LogP contribution in [-0.4, -0.2) is 32.0 Å². The third-order valence-electron chi connectivity index (χ3n) is 5.44. The van der Waals surface area contributed by atoms with Gasteiger partial charge in [0.05, 0.1) is 17.8 Å². The number of fused-ring (bicyclic) bond motifs is 2. The molecule has 0 saturated heterocycles. The van der Waals surface area contributed by atoms with Crippen LogP contribution in [0, 0.1) is 0 Å². The van der Waals surface area contributed by atoms with Crippen LogP contribution in [0.5, 0.6) is 0 Å². The van der Waals surface area contributed by atoms with Crippen molar-refractivity contribution in [1.82, 2.24) is 19.6 Å². The molecule has 5 rings (SSSR count). The van der Waals surface area contributed by atoms with Crippen molar-refractivity contribution < 1.29 is 4.79 Å². The Hall–Kier alpha value is -3.03. The van der Waals surface area contributed by atoms with E-state index in [0.717, 1.165) is 27.7 Å². The Kier molecular flexibility index (Phi) is 4.95. The average Bonchev–Trinajstić information content (AvgIpc) is 3.28. The second kappa shape index (κ2) is 7.34. The van der Waals surface area contributed by atoms with E-state index in [-0.39, 0.29) is 24.4 Å². The van der Waals surface area contributed by atoms with E-state index in [2.05, 4.69) is 17.1 Å². The minimum absolute atomic E-state index is 0. The monoisotopic (exact) mass is 442 g/mol. The summed E-state index contributed by atoms with van der Waals surface area (Å²) in [6.07, 6.45) is 1.76. The number of nitrogens with two attached hydrogens (primary N) is 1. The molecule has 0 aliphatic carbocycles. The highest BCUT2D eigenvalue weighted by molar-refractivity contribution is 6.30. The van der Waals surface area contributed by atoms with E-state index in [1.807, 2.05) is 42.1 Å². The molecule has 2 aromatic carbocycles. The quantitative estimate of drug-likeness (QED) is 0.501. The fourth-order valence-corrected chi connectivity index (χ4v) is 4.10. The van der Waals surface area contributed by atoms with E-state index in [1.165, 1.54) is 0 Å². The van der Waals surface area contributed by atoms with Gasteiger partial charge in [-0.05, 0) is 48.9 Å². The van der Waals surface area contributed by atoms with Crippen molar-refractivity contribution in [2.45, 2.75) is 13.0 Å². The standard InChI is InChI=1S/C21H19ClN6O.ClH/c1-12-11-27(15-6-4-14(22)5-7-15)21(29)19-17(10-24-28(12)19)13-3-8-16-18(9-13)26(2)25-20(16)23;/h3-10,12H,11H2,1-2H3,(H2,23,25);1H/t12-;/m0./s1. The van der Waals surface area contributed by atoms with Gasteiger partial charge in [-0.3, -0.25) is 14.2 Å². The number of halogens is 2. The molecule has 0 spiro atoms. The summed E-state index contributed by atoms with van der Waals surface area (Å²) in [5, 5.41) is 10.3. The minimum Gasteiger partial charge on any atom is -0.382 e. The van der Waals surface area contributed by atoms with Gasteiger partial charge in [0.25, 0.3) is 5.91 Å². The topological polar surface area (TPSA) is 82.0 Å². The number of carbonyl (C=O) groups excluding carboxylic acids is 1. The first-order chi connectivity index (χ1) is 13.9. The molecule has 30 heavy (non-hydrogen) atoms. The Balaban J connectivity index is 0.00000218. The van der Waals surface area contributed by atoms with E-state index >= 15 is 0 Å². The Labute approximate surface area is 184 Å². The van der Waals surface area contributed by atoms with Gasteiger partial charge >= 0.3 is 0 Å². The lowest BCUT2D eigenvalue weighted by Gasteiger charge is -2.32. The zero-order chi connectivity index (χ0) is 20.3. The first-order valence-electron chi connectivity index (χ1n) is 9.31. The summed E-state index contributed by atoms with van der Waals surface area (Å²) in [6.45, 7) is 2.60. The van der Waals surface area contributed by atoms with Crippen molar-refractivity contribution in [1.29, 1.82) is 0 Å². The minimum atomic E-state index is -0.0810. The Morgan fingerprint density at radius 1 is 1.17 bits per heavy atom. The summed E-state index contributed by atoms with van der Waals surface area (Å²) in [6, 6.07) is 13.2. The molecule has 0 unspecified atom stereocenters. The number of aromatic nitrogens is 4. The van der Waals surface area contributed by atoms with Crippen molar-refractivity contribution in [2.24, 2.45) is 7.05 Å². The van der Waals surface area contributed by atoms with Crippen molar-refractivity contribution in [2.75, 3.05) is 17.2 Å². The smallest absolute Gasteiger partial charge is 0.277 e. The number of amides is 1. The number of anilines is 2. The lowest BCUT2D eigenvalue weighted by molar-refractivity contribution is 0.0954. The number of carbonyl (C=O) groups is 1. The van der Waals surface area contributed by atoms with Crippen molar-refractivity contribution in [3.63, 3.8) is 0 Å². The molecule has 1 atom stereocenters. The molecule has 1 aliphatic heterocycles. The van der Waals surface area contributed by atoms with E-state index in [9.17, 15) is 4.79 Å². The van der Waals surface area contributed by atoms with Crippen LogP contribution >= 0.6 is 24.0 Å². The maximum Gasteiger partial charge on any atom is 0.277 e. The Morgan fingerprint density at radius 3 is 2.63 bits per heavy atom. The molecule has 3 heterocycles. The molecule has 0 radical (unpaired) electrons. The van der Waals surface area contributed by atoms with Crippen molar-refractivity contribution in [3.05, 3.63) is 59.4 Å². The number of nitrogens with zero attached hydrogens (tertiary/aromatic N) is 5. The fraction of sp³-hybridized carbons (Fsp3) is 0.190. The molecular weight excluding hydrogens is 423 g/mol. The maximum absolute atomic E-state index is 13.4. The Morgan fingerprint density at radius 2 is 1.90 bits per heavy atom. The SMILES string of the molecule is C[C@H]1CN(c2ccc(Cl)cc2)C(=O)c2c(-c3ccc4c(N)nn(C)c4c3)cnn21.Cl. The predicted molar refractivity (Wildman–Crippen MR) is 121 cm³/mol. The van der Waals surface area contributed by atoms with Crippen LogP contribution in [0.15, 0.2) is 48.7 Å². The molecule has 2 aromatic heterocycles. The highest BCUT2D eigenvalue weighted by Crippen LogP contribution is 2.34. The van der Waals surface area contributed by atoms with Gasteiger partial charge in [-0.25, -0.2) is 0 Å². The predicted octanol–water partition coefficient (Wildman–Crippen LogP) is 4.32. The van der Waals surface area contributed by atoms with Gasteiger partial charge in [-0.15, -0.1) is 12.4 Å². The first-order valence-corrected chi connectivity index (χ1v) is 9.69. The van der Waals surface area contributed by atoms with Gasteiger partial charge in [0, 0.05) is 35.3 Å². The molecule has 1 amide bonds.